The molecule has 0 aliphatic carbocycles. The first-order chi connectivity index (χ1) is 13.2. The van der Waals surface area contributed by atoms with Gasteiger partial charge in [-0.05, 0) is 39.8 Å². The van der Waals surface area contributed by atoms with Crippen LogP contribution >= 0.6 is 0 Å². The Morgan fingerprint density at radius 2 is 2.07 bits per heavy atom. The van der Waals surface area contributed by atoms with Gasteiger partial charge in [-0.2, -0.15) is 5.10 Å². The van der Waals surface area contributed by atoms with Crippen LogP contribution in [0.4, 0.5) is 4.79 Å². The van der Waals surface area contributed by atoms with Crippen LogP contribution in [0.3, 0.4) is 0 Å². The standard InChI is InChI=1S/C19H26N4O5/c1-12(2)28-16-13(7-6-8-14(16)27-5)11-20-22-15(24)9-10-23-17(25)19(3,4)21-18(23)26/h6-8,11-12H,9-10H2,1-5H3,(H,21,26)(H,22,24)/b20-11-. The van der Waals surface area contributed by atoms with E-state index < -0.39 is 17.5 Å². The van der Waals surface area contributed by atoms with E-state index >= 15 is 0 Å². The van der Waals surface area contributed by atoms with Crippen molar-refractivity contribution in [1.29, 1.82) is 0 Å². The van der Waals surface area contributed by atoms with Crippen LogP contribution in [0, 0.1) is 0 Å². The monoisotopic (exact) mass is 390 g/mol. The summed E-state index contributed by atoms with van der Waals surface area (Å²) in [6.07, 6.45) is 1.33. The molecule has 2 rings (SSSR count). The van der Waals surface area contributed by atoms with Crippen LogP contribution in [-0.4, -0.2) is 54.3 Å². The number of urea groups is 1. The van der Waals surface area contributed by atoms with Gasteiger partial charge in [-0.1, -0.05) is 6.07 Å². The van der Waals surface area contributed by atoms with E-state index in [4.69, 9.17) is 9.47 Å². The second kappa shape index (κ2) is 8.73. The summed E-state index contributed by atoms with van der Waals surface area (Å²) in [6.45, 7) is 7.00. The van der Waals surface area contributed by atoms with Gasteiger partial charge in [-0.25, -0.2) is 10.2 Å². The molecule has 0 saturated carbocycles. The third-order valence-corrected chi connectivity index (χ3v) is 3.98. The van der Waals surface area contributed by atoms with Gasteiger partial charge in [0.1, 0.15) is 5.54 Å². The number of rotatable bonds is 8. The molecule has 1 aliphatic rings. The van der Waals surface area contributed by atoms with E-state index in [0.717, 1.165) is 4.90 Å². The highest BCUT2D eigenvalue weighted by atomic mass is 16.5. The number of benzene rings is 1. The van der Waals surface area contributed by atoms with Gasteiger partial charge in [0.05, 0.1) is 19.4 Å². The summed E-state index contributed by atoms with van der Waals surface area (Å²) >= 11 is 0. The fourth-order valence-electron chi connectivity index (χ4n) is 2.62. The Hall–Kier alpha value is -3.10. The van der Waals surface area contributed by atoms with Crippen molar-refractivity contribution in [3.05, 3.63) is 23.8 Å². The summed E-state index contributed by atoms with van der Waals surface area (Å²) < 4.78 is 11.1. The number of carbonyl (C=O) groups is 3. The molecule has 1 heterocycles. The summed E-state index contributed by atoms with van der Waals surface area (Å²) in [5, 5.41) is 6.50. The number of hydrogen-bond acceptors (Lipinski definition) is 6. The minimum absolute atomic E-state index is 0.0175. The average Bonchev–Trinajstić information content (AvgIpc) is 2.81. The molecule has 1 aliphatic heterocycles. The molecule has 0 aromatic heterocycles. The fraction of sp³-hybridized carbons (Fsp3) is 0.474. The predicted octanol–water partition coefficient (Wildman–Crippen LogP) is 1.65. The molecule has 1 aromatic rings. The van der Waals surface area contributed by atoms with Crippen LogP contribution in [0.1, 0.15) is 39.7 Å². The van der Waals surface area contributed by atoms with E-state index in [1.165, 1.54) is 6.21 Å². The third kappa shape index (κ3) is 4.99. The molecule has 28 heavy (non-hydrogen) atoms. The number of carbonyl (C=O) groups excluding carboxylic acids is 3. The first kappa shape index (κ1) is 21.2. The molecule has 0 radical (unpaired) electrons. The first-order valence-electron chi connectivity index (χ1n) is 8.95. The highest BCUT2D eigenvalue weighted by molar-refractivity contribution is 6.06. The molecule has 9 nitrogen and oxygen atoms in total. The number of methoxy groups -OCH3 is 1. The lowest BCUT2D eigenvalue weighted by Gasteiger charge is -2.16. The molecule has 9 heteroatoms. The summed E-state index contributed by atoms with van der Waals surface area (Å²) in [4.78, 5) is 36.9. The van der Waals surface area contributed by atoms with Crippen LogP contribution < -0.4 is 20.2 Å². The van der Waals surface area contributed by atoms with E-state index in [9.17, 15) is 14.4 Å². The number of para-hydroxylation sites is 1. The molecule has 0 unspecified atom stereocenters. The van der Waals surface area contributed by atoms with Gasteiger partial charge in [0, 0.05) is 18.5 Å². The summed E-state index contributed by atoms with van der Waals surface area (Å²) in [5.41, 5.74) is 2.08. The topological polar surface area (TPSA) is 109 Å². The molecule has 0 spiro atoms. The second-order valence-electron chi connectivity index (χ2n) is 7.10. The molecule has 152 valence electrons. The summed E-state index contributed by atoms with van der Waals surface area (Å²) in [6, 6.07) is 4.84. The Labute approximate surface area is 164 Å². The van der Waals surface area contributed by atoms with Crippen LogP contribution in [-0.2, 0) is 9.59 Å². The Balaban J connectivity index is 1.95. The van der Waals surface area contributed by atoms with E-state index in [1.54, 1.807) is 39.2 Å². The van der Waals surface area contributed by atoms with Gasteiger partial charge < -0.3 is 14.8 Å². The van der Waals surface area contributed by atoms with Crippen molar-refractivity contribution >= 4 is 24.1 Å². The normalized spacial score (nSPS) is 15.9. The molecule has 4 amide bonds. The van der Waals surface area contributed by atoms with Crippen LogP contribution in [0.2, 0.25) is 0 Å². The summed E-state index contributed by atoms with van der Waals surface area (Å²) in [7, 11) is 1.54. The zero-order valence-corrected chi connectivity index (χ0v) is 16.7. The number of imide groups is 1. The molecule has 0 atom stereocenters. The van der Waals surface area contributed by atoms with Crippen molar-refractivity contribution in [2.45, 2.75) is 45.8 Å². The molecule has 1 fully saturated rings. The molecular weight excluding hydrogens is 364 g/mol. The summed E-state index contributed by atoms with van der Waals surface area (Å²) in [5.74, 6) is 0.307. The van der Waals surface area contributed by atoms with Crippen LogP contribution in [0.15, 0.2) is 23.3 Å². The van der Waals surface area contributed by atoms with Gasteiger partial charge in [-0.15, -0.1) is 0 Å². The number of hydrogen-bond donors (Lipinski definition) is 2. The fourth-order valence-corrected chi connectivity index (χ4v) is 2.62. The van der Waals surface area contributed by atoms with Crippen molar-refractivity contribution in [3.63, 3.8) is 0 Å². The van der Waals surface area contributed by atoms with Crippen LogP contribution in [0.5, 0.6) is 11.5 Å². The quantitative estimate of drug-likeness (QED) is 0.399. The average molecular weight is 390 g/mol. The number of amides is 4. The van der Waals surface area contributed by atoms with Crippen LogP contribution in [0.25, 0.3) is 0 Å². The number of ether oxygens (including phenoxy) is 2. The first-order valence-corrected chi connectivity index (χ1v) is 8.95. The van der Waals surface area contributed by atoms with Gasteiger partial charge >= 0.3 is 6.03 Å². The second-order valence-corrected chi connectivity index (χ2v) is 7.10. The lowest BCUT2D eigenvalue weighted by molar-refractivity contribution is -0.130. The Kier molecular flexibility index (Phi) is 6.61. The number of nitrogens with one attached hydrogen (secondary N) is 2. The molecular formula is C19H26N4O5. The van der Waals surface area contributed by atoms with Gasteiger partial charge in [-0.3, -0.25) is 14.5 Å². The molecule has 2 N–H and O–H groups in total. The lowest BCUT2D eigenvalue weighted by Crippen LogP contribution is -2.40. The smallest absolute Gasteiger partial charge is 0.325 e. The maximum Gasteiger partial charge on any atom is 0.325 e. The lowest BCUT2D eigenvalue weighted by atomic mass is 10.1. The largest absolute Gasteiger partial charge is 0.493 e. The third-order valence-electron chi connectivity index (χ3n) is 3.98. The van der Waals surface area contributed by atoms with Crippen molar-refractivity contribution < 1.29 is 23.9 Å². The number of hydrazone groups is 1. The Morgan fingerprint density at radius 3 is 2.64 bits per heavy atom. The molecule has 0 bridgehead atoms. The minimum atomic E-state index is -0.953. The van der Waals surface area contributed by atoms with Gasteiger partial charge in [0.15, 0.2) is 11.5 Å². The van der Waals surface area contributed by atoms with E-state index in [0.29, 0.717) is 17.1 Å². The molecule has 1 saturated heterocycles. The minimum Gasteiger partial charge on any atom is -0.493 e. The van der Waals surface area contributed by atoms with Crippen molar-refractivity contribution in [3.8, 4) is 11.5 Å². The van der Waals surface area contributed by atoms with Crippen molar-refractivity contribution in [1.82, 2.24) is 15.6 Å². The van der Waals surface area contributed by atoms with Crippen molar-refractivity contribution in [2.75, 3.05) is 13.7 Å². The molecule has 1 aromatic carbocycles. The van der Waals surface area contributed by atoms with E-state index in [1.807, 2.05) is 13.8 Å². The Morgan fingerprint density at radius 1 is 1.36 bits per heavy atom. The van der Waals surface area contributed by atoms with E-state index in [-0.39, 0.29) is 25.0 Å². The zero-order chi connectivity index (χ0) is 20.9. The predicted molar refractivity (Wildman–Crippen MR) is 103 cm³/mol. The maximum atomic E-state index is 12.1. The van der Waals surface area contributed by atoms with E-state index in [2.05, 4.69) is 15.8 Å². The van der Waals surface area contributed by atoms with Crippen molar-refractivity contribution in [2.24, 2.45) is 5.10 Å². The van der Waals surface area contributed by atoms with Gasteiger partial charge in [0.2, 0.25) is 5.91 Å². The highest BCUT2D eigenvalue weighted by Crippen LogP contribution is 2.30. The maximum absolute atomic E-state index is 12.1. The number of nitrogens with zero attached hydrogens (tertiary/aromatic N) is 2. The SMILES string of the molecule is COc1cccc(/C=N\NC(=O)CCN2C(=O)NC(C)(C)C2=O)c1OC(C)C. The zero-order valence-electron chi connectivity index (χ0n) is 16.7. The highest BCUT2D eigenvalue weighted by Gasteiger charge is 2.43. The Bertz CT molecular complexity index is 789. The van der Waals surface area contributed by atoms with Gasteiger partial charge in [0.25, 0.3) is 5.91 Å².